The Kier molecular flexibility index (Phi) is 7.06. The van der Waals surface area contributed by atoms with E-state index in [2.05, 4.69) is 9.19 Å². The summed E-state index contributed by atoms with van der Waals surface area (Å²) in [6.45, 7) is 3.30. The second-order valence-corrected chi connectivity index (χ2v) is 8.28. The first-order valence-electron chi connectivity index (χ1n) is 6.54. The van der Waals surface area contributed by atoms with Crippen molar-refractivity contribution in [2.24, 2.45) is 0 Å². The molecular weight excluding hydrogens is 365 g/mol. The maximum atomic E-state index is 11.2. The van der Waals surface area contributed by atoms with E-state index in [4.69, 9.17) is 14.5 Å². The minimum absolute atomic E-state index is 0.00438. The van der Waals surface area contributed by atoms with E-state index in [0.29, 0.717) is 11.4 Å². The van der Waals surface area contributed by atoms with E-state index in [1.54, 1.807) is 12.1 Å². The van der Waals surface area contributed by atoms with Crippen LogP contribution in [0.25, 0.3) is 0 Å². The van der Waals surface area contributed by atoms with Gasteiger partial charge in [0.2, 0.25) is 0 Å². The number of rotatable bonds is 3. The van der Waals surface area contributed by atoms with Crippen LogP contribution in [0.15, 0.2) is 48.5 Å². The van der Waals surface area contributed by atoms with Crippen LogP contribution < -0.4 is 9.67 Å². The number of anilines is 1. The van der Waals surface area contributed by atoms with Gasteiger partial charge in [-0.3, -0.25) is 0 Å². The number of amides is 1. The molecule has 0 heterocycles. The molecule has 8 heteroatoms. The van der Waals surface area contributed by atoms with Crippen LogP contribution >= 0.6 is 0 Å². The Balaban J connectivity index is 0.000000277. The zero-order valence-corrected chi connectivity index (χ0v) is 14.5. The van der Waals surface area contributed by atoms with Crippen molar-refractivity contribution in [3.8, 4) is 5.75 Å². The molecule has 0 aromatic heterocycles. The van der Waals surface area contributed by atoms with Gasteiger partial charge >= 0.3 is 88.4 Å². The fourth-order valence-corrected chi connectivity index (χ4v) is 2.91. The monoisotopic (exact) mass is 383 g/mol. The van der Waals surface area contributed by atoms with Crippen molar-refractivity contribution in [3.05, 3.63) is 54.1 Å². The molecule has 2 aromatic rings. The van der Waals surface area contributed by atoms with Crippen molar-refractivity contribution in [2.45, 2.75) is 13.8 Å². The summed E-state index contributed by atoms with van der Waals surface area (Å²) >= 11 is -4.76. The minimum atomic E-state index is -4.76. The van der Waals surface area contributed by atoms with Gasteiger partial charge in [-0.2, -0.15) is 0 Å². The van der Waals surface area contributed by atoms with Gasteiger partial charge in [-0.25, -0.2) is 0 Å². The molecule has 0 aliphatic heterocycles. The summed E-state index contributed by atoms with van der Waals surface area (Å²) in [6.07, 6.45) is 0. The number of hydrogen-bond acceptors (Lipinski definition) is 5. The van der Waals surface area contributed by atoms with Gasteiger partial charge in [0.25, 0.3) is 0 Å². The molecule has 124 valence electrons. The summed E-state index contributed by atoms with van der Waals surface area (Å²) < 4.78 is 23.8. The SMILES string of the molecule is CC(=O)Nc1ccc([As](=O)(O)OO)cc1.Cc1cccc(O)c1. The summed E-state index contributed by atoms with van der Waals surface area (Å²) in [7, 11) is 0. The average Bonchev–Trinajstić information content (AvgIpc) is 2.47. The van der Waals surface area contributed by atoms with Crippen LogP contribution in [0, 0.1) is 6.92 Å². The molecule has 1 amide bonds. The van der Waals surface area contributed by atoms with Crippen LogP contribution in [-0.2, 0) is 12.4 Å². The number of phenols is 1. The molecule has 0 radical (unpaired) electrons. The first-order valence-corrected chi connectivity index (χ1v) is 9.85. The number of carbonyl (C=O) groups is 1. The predicted octanol–water partition coefficient (Wildman–Crippen LogP) is 1.40. The van der Waals surface area contributed by atoms with Gasteiger partial charge in [0.1, 0.15) is 5.75 Å². The quantitative estimate of drug-likeness (QED) is 0.362. The van der Waals surface area contributed by atoms with E-state index in [1.807, 2.05) is 19.1 Å². The number of hydrogen-bond donors (Lipinski definition) is 4. The number of carbonyl (C=O) groups excluding carboxylic acids is 1. The third-order valence-electron chi connectivity index (χ3n) is 2.63. The molecule has 1 unspecified atom stereocenters. The average molecular weight is 383 g/mol. The summed E-state index contributed by atoms with van der Waals surface area (Å²) in [4.78, 5) is 10.7. The summed E-state index contributed by atoms with van der Waals surface area (Å²) in [5, 5.41) is 19.5. The van der Waals surface area contributed by atoms with E-state index in [1.165, 1.54) is 31.2 Å². The fourth-order valence-electron chi connectivity index (χ4n) is 1.61. The van der Waals surface area contributed by atoms with Crippen LogP contribution in [0.3, 0.4) is 0 Å². The van der Waals surface area contributed by atoms with Gasteiger partial charge in [0, 0.05) is 0 Å². The van der Waals surface area contributed by atoms with E-state index < -0.39 is 14.2 Å². The number of phenolic OH excluding ortho intramolecular Hbond substituents is 1. The maximum Gasteiger partial charge on any atom is 0.115 e. The van der Waals surface area contributed by atoms with Crippen LogP contribution in [0.2, 0.25) is 0 Å². The predicted molar refractivity (Wildman–Crippen MR) is 85.6 cm³/mol. The van der Waals surface area contributed by atoms with Crippen molar-refractivity contribution in [1.82, 2.24) is 0 Å². The van der Waals surface area contributed by atoms with Gasteiger partial charge in [0.05, 0.1) is 0 Å². The number of aryl methyl sites for hydroxylation is 1. The Morgan fingerprint density at radius 3 is 2.17 bits per heavy atom. The number of nitrogens with one attached hydrogen (secondary N) is 1. The number of benzene rings is 2. The second kappa shape index (κ2) is 8.55. The largest absolute Gasteiger partial charge is 0.508 e. The molecule has 0 spiro atoms. The molecule has 0 saturated heterocycles. The number of aromatic hydroxyl groups is 1. The molecule has 1 atom stereocenters. The molecule has 2 aromatic carbocycles. The van der Waals surface area contributed by atoms with Crippen molar-refractivity contribution in [2.75, 3.05) is 5.32 Å². The van der Waals surface area contributed by atoms with Gasteiger partial charge < -0.3 is 5.11 Å². The molecule has 0 aliphatic carbocycles. The fraction of sp³-hybridized carbons (Fsp3) is 0.133. The third kappa shape index (κ3) is 6.71. The minimum Gasteiger partial charge on any atom is -0.508 e. The van der Waals surface area contributed by atoms with Gasteiger partial charge in [-0.1, -0.05) is 12.1 Å². The first-order chi connectivity index (χ1) is 10.7. The summed E-state index contributed by atoms with van der Waals surface area (Å²) in [5.41, 5.74) is 1.59. The Morgan fingerprint density at radius 1 is 1.17 bits per heavy atom. The smallest absolute Gasteiger partial charge is 0.115 e. The van der Waals surface area contributed by atoms with Crippen molar-refractivity contribution in [1.29, 1.82) is 0 Å². The topological polar surface area (TPSA) is 116 Å². The Labute approximate surface area is 136 Å². The van der Waals surface area contributed by atoms with Crippen molar-refractivity contribution >= 4 is 30.1 Å². The van der Waals surface area contributed by atoms with Crippen molar-refractivity contribution in [3.63, 3.8) is 0 Å². The third-order valence-corrected chi connectivity index (χ3v) is 5.09. The van der Waals surface area contributed by atoms with Crippen molar-refractivity contribution < 1.29 is 26.9 Å². The van der Waals surface area contributed by atoms with E-state index in [0.717, 1.165) is 5.56 Å². The van der Waals surface area contributed by atoms with E-state index in [9.17, 15) is 8.53 Å². The van der Waals surface area contributed by atoms with Gasteiger partial charge in [0.15, 0.2) is 0 Å². The maximum absolute atomic E-state index is 11.2. The molecule has 4 N–H and O–H groups in total. The Morgan fingerprint density at radius 2 is 1.78 bits per heavy atom. The zero-order chi connectivity index (χ0) is 17.5. The molecule has 0 bridgehead atoms. The van der Waals surface area contributed by atoms with Crippen LogP contribution in [0.5, 0.6) is 5.75 Å². The molecule has 0 fully saturated rings. The second-order valence-electron chi connectivity index (χ2n) is 4.67. The Hall–Kier alpha value is -2.05. The molecule has 2 rings (SSSR count). The molecule has 7 nitrogen and oxygen atoms in total. The molecular formula is C15H18AsNO6. The normalized spacial score (nSPS) is 12.5. The van der Waals surface area contributed by atoms with E-state index >= 15 is 0 Å². The van der Waals surface area contributed by atoms with E-state index in [-0.39, 0.29) is 10.3 Å². The summed E-state index contributed by atoms with van der Waals surface area (Å²) in [6, 6.07) is 12.7. The standard InChI is InChI=1S/C8H10AsNO5.C7H8O/c1-6(11)10-8-4-2-7(3-5-8)9(12,13)15-14;1-6-3-2-4-7(8)5-6/h2-5,14H,1H3,(H,10,11)(H,12,13);2-5,8H,1H3. The van der Waals surface area contributed by atoms with Gasteiger partial charge in [-0.05, 0) is 24.6 Å². The molecule has 0 aliphatic rings. The van der Waals surface area contributed by atoms with Crippen LogP contribution in [0.4, 0.5) is 5.69 Å². The zero-order valence-electron chi connectivity index (χ0n) is 12.6. The Bertz CT molecular complexity index is 684. The first kappa shape index (κ1) is 19.0. The van der Waals surface area contributed by atoms with Crippen LogP contribution in [0.1, 0.15) is 12.5 Å². The molecule has 0 saturated carbocycles. The molecule has 23 heavy (non-hydrogen) atoms. The van der Waals surface area contributed by atoms with Crippen LogP contribution in [-0.4, -0.2) is 34.5 Å². The van der Waals surface area contributed by atoms with Gasteiger partial charge in [-0.15, -0.1) is 0 Å². The summed E-state index contributed by atoms with van der Waals surface area (Å²) in [5.74, 6) is 0.101.